The molecule has 0 spiro atoms. The van der Waals surface area contributed by atoms with Gasteiger partial charge in [-0.3, -0.25) is 9.78 Å². The highest BCUT2D eigenvalue weighted by molar-refractivity contribution is 5.98. The predicted molar refractivity (Wildman–Crippen MR) is 119 cm³/mol. The Balaban J connectivity index is 1.63. The summed E-state index contributed by atoms with van der Waals surface area (Å²) in [5.41, 5.74) is 3.06. The number of pyridine rings is 1. The first kappa shape index (κ1) is 18.1. The molecule has 0 amide bonds. The Morgan fingerprint density at radius 1 is 0.900 bits per heavy atom. The molecule has 0 saturated heterocycles. The fraction of sp³-hybridized carbons (Fsp3) is 0.0800. The van der Waals surface area contributed by atoms with E-state index in [0.29, 0.717) is 11.9 Å². The molecular weight excluding hydrogens is 374 g/mol. The smallest absolute Gasteiger partial charge is 0.274 e. The first-order valence-corrected chi connectivity index (χ1v) is 9.69. The molecule has 0 atom stereocenters. The second-order valence-electron chi connectivity index (χ2n) is 7.12. The van der Waals surface area contributed by atoms with Gasteiger partial charge in [-0.2, -0.15) is 5.10 Å². The van der Waals surface area contributed by atoms with Crippen LogP contribution in [0, 0.1) is 0 Å². The number of aromatic nitrogens is 3. The van der Waals surface area contributed by atoms with Gasteiger partial charge in [-0.05, 0) is 46.3 Å². The van der Waals surface area contributed by atoms with Gasteiger partial charge in [0, 0.05) is 23.2 Å². The molecule has 3 aromatic carbocycles. The summed E-state index contributed by atoms with van der Waals surface area (Å²) in [5.74, 6) is 0.811. The van der Waals surface area contributed by atoms with Crippen LogP contribution < -0.4 is 10.3 Å². The van der Waals surface area contributed by atoms with Crippen molar-refractivity contribution in [3.63, 3.8) is 0 Å². The van der Waals surface area contributed by atoms with Gasteiger partial charge in [0.2, 0.25) is 0 Å². The van der Waals surface area contributed by atoms with E-state index in [4.69, 9.17) is 4.74 Å². The minimum atomic E-state index is -0.0954. The average molecular weight is 393 g/mol. The van der Waals surface area contributed by atoms with Gasteiger partial charge in [-0.1, -0.05) is 42.5 Å². The molecule has 0 fully saturated rings. The molecule has 2 aromatic heterocycles. The summed E-state index contributed by atoms with van der Waals surface area (Å²) < 4.78 is 6.89. The maximum absolute atomic E-state index is 12.9. The second-order valence-corrected chi connectivity index (χ2v) is 7.12. The van der Waals surface area contributed by atoms with Crippen LogP contribution in [0.1, 0.15) is 5.56 Å². The van der Waals surface area contributed by atoms with Crippen LogP contribution in [0.2, 0.25) is 0 Å². The number of methoxy groups -OCH3 is 1. The average Bonchev–Trinajstić information content (AvgIpc) is 2.81. The van der Waals surface area contributed by atoms with Crippen molar-refractivity contribution in [2.75, 3.05) is 7.11 Å². The maximum Gasteiger partial charge on any atom is 0.274 e. The zero-order valence-electron chi connectivity index (χ0n) is 16.4. The van der Waals surface area contributed by atoms with Crippen LogP contribution in [0.4, 0.5) is 0 Å². The van der Waals surface area contributed by atoms with Crippen molar-refractivity contribution in [1.29, 1.82) is 0 Å². The lowest BCUT2D eigenvalue weighted by atomic mass is 9.96. The summed E-state index contributed by atoms with van der Waals surface area (Å²) in [6.45, 7) is 0.379. The van der Waals surface area contributed by atoms with E-state index in [1.54, 1.807) is 19.5 Å². The number of rotatable bonds is 4. The van der Waals surface area contributed by atoms with Gasteiger partial charge < -0.3 is 4.74 Å². The number of nitrogens with zero attached hydrogens (tertiary/aromatic N) is 3. The quantitative estimate of drug-likeness (QED) is 0.445. The van der Waals surface area contributed by atoms with Crippen molar-refractivity contribution in [2.45, 2.75) is 6.54 Å². The molecular formula is C25H19N3O2. The van der Waals surface area contributed by atoms with Gasteiger partial charge in [0.1, 0.15) is 5.75 Å². The highest BCUT2D eigenvalue weighted by Crippen LogP contribution is 2.32. The molecule has 0 saturated carbocycles. The van der Waals surface area contributed by atoms with Crippen LogP contribution in [-0.4, -0.2) is 21.9 Å². The van der Waals surface area contributed by atoms with E-state index in [0.717, 1.165) is 38.6 Å². The number of benzene rings is 3. The van der Waals surface area contributed by atoms with Gasteiger partial charge in [0.05, 0.1) is 25.2 Å². The second kappa shape index (κ2) is 7.44. The molecule has 146 valence electrons. The predicted octanol–water partition coefficient (Wildman–Crippen LogP) is 4.67. The monoisotopic (exact) mass is 393 g/mol. The van der Waals surface area contributed by atoms with Gasteiger partial charge in [-0.15, -0.1) is 0 Å². The molecule has 0 bridgehead atoms. The molecule has 0 radical (unpaired) electrons. The van der Waals surface area contributed by atoms with E-state index in [-0.39, 0.29) is 5.56 Å². The lowest BCUT2D eigenvalue weighted by Crippen LogP contribution is -2.23. The van der Waals surface area contributed by atoms with E-state index in [1.165, 1.54) is 4.68 Å². The maximum atomic E-state index is 12.9. The summed E-state index contributed by atoms with van der Waals surface area (Å²) in [7, 11) is 1.67. The third-order valence-electron chi connectivity index (χ3n) is 5.37. The van der Waals surface area contributed by atoms with E-state index in [1.807, 2.05) is 60.8 Å². The molecule has 5 rings (SSSR count). The summed E-state index contributed by atoms with van der Waals surface area (Å²) in [5, 5.41) is 7.97. The summed E-state index contributed by atoms with van der Waals surface area (Å²) in [6.07, 6.45) is 5.37. The molecule has 0 N–H and O–H groups in total. The molecule has 5 aromatic rings. The fourth-order valence-corrected chi connectivity index (χ4v) is 3.83. The van der Waals surface area contributed by atoms with Crippen molar-refractivity contribution in [3.8, 4) is 16.9 Å². The first-order valence-electron chi connectivity index (χ1n) is 9.69. The van der Waals surface area contributed by atoms with Crippen LogP contribution >= 0.6 is 0 Å². The number of hydrogen-bond donors (Lipinski definition) is 0. The van der Waals surface area contributed by atoms with Crippen molar-refractivity contribution >= 4 is 21.5 Å². The molecule has 2 heterocycles. The Morgan fingerprint density at radius 2 is 1.80 bits per heavy atom. The zero-order valence-corrected chi connectivity index (χ0v) is 16.4. The SMILES string of the molecule is COc1cccc(-c2ccc(Cn3ncc4ccccc4c3=O)c3cnccc23)c1. The first-order chi connectivity index (χ1) is 14.7. The van der Waals surface area contributed by atoms with Crippen LogP contribution in [0.15, 0.2) is 90.1 Å². The Morgan fingerprint density at radius 3 is 2.70 bits per heavy atom. The molecule has 0 aliphatic carbocycles. The van der Waals surface area contributed by atoms with Crippen LogP contribution in [0.25, 0.3) is 32.7 Å². The largest absolute Gasteiger partial charge is 0.497 e. The zero-order chi connectivity index (χ0) is 20.5. The molecule has 5 heteroatoms. The lowest BCUT2D eigenvalue weighted by Gasteiger charge is -2.13. The van der Waals surface area contributed by atoms with Crippen molar-refractivity contribution < 1.29 is 4.74 Å². The highest BCUT2D eigenvalue weighted by atomic mass is 16.5. The lowest BCUT2D eigenvalue weighted by molar-refractivity contribution is 0.415. The fourth-order valence-electron chi connectivity index (χ4n) is 3.83. The molecule has 0 aliphatic heterocycles. The third kappa shape index (κ3) is 3.10. The van der Waals surface area contributed by atoms with E-state index in [9.17, 15) is 4.79 Å². The van der Waals surface area contributed by atoms with E-state index in [2.05, 4.69) is 22.2 Å². The number of hydrogen-bond acceptors (Lipinski definition) is 4. The Labute approximate surface area is 173 Å². The summed E-state index contributed by atoms with van der Waals surface area (Å²) >= 11 is 0. The van der Waals surface area contributed by atoms with Crippen LogP contribution in [-0.2, 0) is 6.54 Å². The Bertz CT molecular complexity index is 1440. The van der Waals surface area contributed by atoms with Gasteiger partial charge >= 0.3 is 0 Å². The minimum absolute atomic E-state index is 0.0954. The van der Waals surface area contributed by atoms with Gasteiger partial charge in [0.15, 0.2) is 0 Å². The summed E-state index contributed by atoms with van der Waals surface area (Å²) in [6, 6.07) is 21.6. The Hall–Kier alpha value is -3.99. The standard InChI is InChI=1S/C25H19N3O2/c1-30-20-7-4-6-17(13-20)21-10-9-19(24-15-26-12-11-23(21)24)16-28-25(29)22-8-3-2-5-18(22)14-27-28/h2-15H,16H2,1H3. The van der Waals surface area contributed by atoms with Crippen molar-refractivity contribution in [1.82, 2.24) is 14.8 Å². The highest BCUT2D eigenvalue weighted by Gasteiger charge is 2.11. The molecule has 0 aliphatic rings. The van der Waals surface area contributed by atoms with E-state index >= 15 is 0 Å². The van der Waals surface area contributed by atoms with E-state index < -0.39 is 0 Å². The molecule has 0 unspecified atom stereocenters. The summed E-state index contributed by atoms with van der Waals surface area (Å²) in [4.78, 5) is 17.2. The number of fused-ring (bicyclic) bond motifs is 2. The third-order valence-corrected chi connectivity index (χ3v) is 5.37. The number of ether oxygens (including phenoxy) is 1. The van der Waals surface area contributed by atoms with Crippen molar-refractivity contribution in [2.24, 2.45) is 0 Å². The minimum Gasteiger partial charge on any atom is -0.497 e. The van der Waals surface area contributed by atoms with Gasteiger partial charge in [0.25, 0.3) is 5.56 Å². The normalized spacial score (nSPS) is 11.1. The topological polar surface area (TPSA) is 57.0 Å². The Kier molecular flexibility index (Phi) is 4.48. The molecule has 5 nitrogen and oxygen atoms in total. The van der Waals surface area contributed by atoms with Gasteiger partial charge in [-0.25, -0.2) is 4.68 Å². The van der Waals surface area contributed by atoms with Crippen LogP contribution in [0.5, 0.6) is 5.75 Å². The van der Waals surface area contributed by atoms with Crippen molar-refractivity contribution in [3.05, 3.63) is 101 Å². The van der Waals surface area contributed by atoms with Crippen LogP contribution in [0.3, 0.4) is 0 Å². The molecule has 30 heavy (non-hydrogen) atoms.